The number of carbonyl (C=O) groups excluding carboxylic acids is 3. The molecule has 0 unspecified atom stereocenters. The van der Waals surface area contributed by atoms with Gasteiger partial charge in [-0.05, 0) is 0 Å². The number of hydrogen-bond donors (Lipinski definition) is 19. The summed E-state index contributed by atoms with van der Waals surface area (Å²) in [5.41, 5.74) is -2.94. The summed E-state index contributed by atoms with van der Waals surface area (Å²) in [6.45, 7) is 0. The summed E-state index contributed by atoms with van der Waals surface area (Å²) in [4.78, 5) is 37.4. The van der Waals surface area contributed by atoms with Crippen LogP contribution in [0, 0.1) is 0 Å². The lowest BCUT2D eigenvalue weighted by Gasteiger charge is -2.41. The molecule has 27 nitrogen and oxygen atoms in total. The first kappa shape index (κ1) is 38.7. The van der Waals surface area contributed by atoms with Crippen LogP contribution in [0.15, 0.2) is 0 Å². The fourth-order valence-corrected chi connectivity index (χ4v) is 5.02. The average molecular weight is 750 g/mol. The molecular formula is C25H27N5O22. The fourth-order valence-electron chi connectivity index (χ4n) is 5.02. The minimum absolute atomic E-state index is 0.0862. The van der Waals surface area contributed by atoms with Crippen LogP contribution in [0.1, 0.15) is 26.5 Å². The Morgan fingerprint density at radius 3 is 1.67 bits per heavy atom. The monoisotopic (exact) mass is 749 g/mol. The zero-order valence-corrected chi connectivity index (χ0v) is 25.4. The molecule has 0 atom stereocenters. The number of aliphatic hydroxyl groups is 10. The average Bonchev–Trinajstić information content (AvgIpc) is 3.40. The number of aromatic nitrogens is 2. The highest BCUT2D eigenvalue weighted by Crippen LogP contribution is 2.59. The van der Waals surface area contributed by atoms with Crippen LogP contribution in [0.25, 0.3) is 5.69 Å². The number of nitrogens with zero attached hydrogens (tertiary/aromatic N) is 4. The number of nitrogens with two attached hydrogens (primary N) is 1. The molecule has 0 spiro atoms. The molecule has 27 heteroatoms. The molecule has 1 aliphatic rings. The van der Waals surface area contributed by atoms with Crippen LogP contribution in [-0.4, -0.2) is 157 Å². The van der Waals surface area contributed by atoms with Crippen molar-refractivity contribution in [2.75, 3.05) is 16.9 Å². The van der Waals surface area contributed by atoms with Crippen LogP contribution in [0.2, 0.25) is 0 Å². The highest BCUT2D eigenvalue weighted by Gasteiger charge is 2.56. The van der Waals surface area contributed by atoms with E-state index in [1.165, 1.54) is 0 Å². The van der Waals surface area contributed by atoms with Crippen molar-refractivity contribution in [3.05, 3.63) is 17.0 Å². The zero-order chi connectivity index (χ0) is 39.9. The first-order valence-corrected chi connectivity index (χ1v) is 13.4. The van der Waals surface area contributed by atoms with Crippen LogP contribution in [0.5, 0.6) is 51.7 Å². The molecule has 0 fully saturated rings. The van der Waals surface area contributed by atoms with Gasteiger partial charge in [-0.2, -0.15) is 5.10 Å². The third kappa shape index (κ3) is 5.34. The molecule has 0 saturated heterocycles. The van der Waals surface area contributed by atoms with Crippen molar-refractivity contribution in [1.82, 2.24) is 9.78 Å². The summed E-state index contributed by atoms with van der Waals surface area (Å²) in [6, 6.07) is 0. The number of benzene rings is 2. The number of phenolic OH excluding ortho intramolecular Hbond substituents is 8. The molecule has 3 amide bonds. The van der Waals surface area contributed by atoms with Gasteiger partial charge in [0.25, 0.3) is 29.4 Å². The molecule has 2 heterocycles. The van der Waals surface area contributed by atoms with Crippen molar-refractivity contribution in [2.45, 2.75) is 36.6 Å². The summed E-state index contributed by atoms with van der Waals surface area (Å²) in [7, 11) is 0.870. The summed E-state index contributed by atoms with van der Waals surface area (Å²) < 4.78 is 4.74. The Labute approximate surface area is 284 Å². The Bertz CT molecular complexity index is 1960. The number of anilines is 2. The lowest BCUT2D eigenvalue weighted by Crippen LogP contribution is -2.67. The van der Waals surface area contributed by atoms with Gasteiger partial charge < -0.3 is 102 Å². The van der Waals surface area contributed by atoms with Crippen molar-refractivity contribution in [3.63, 3.8) is 0 Å². The lowest BCUT2D eigenvalue weighted by atomic mass is 9.97. The highest BCUT2D eigenvalue weighted by atomic mass is 16.6. The van der Waals surface area contributed by atoms with Gasteiger partial charge in [-0.15, -0.1) is 0 Å². The van der Waals surface area contributed by atoms with Gasteiger partial charge >= 0.3 is 5.91 Å². The van der Waals surface area contributed by atoms with Crippen LogP contribution in [0.3, 0.4) is 0 Å². The number of aliphatic hydroxyl groups excluding tert-OH is 2. The van der Waals surface area contributed by atoms with E-state index in [-0.39, 0.29) is 4.68 Å². The van der Waals surface area contributed by atoms with Crippen molar-refractivity contribution in [3.8, 4) is 57.4 Å². The summed E-state index contributed by atoms with van der Waals surface area (Å²) in [5.74, 6) is -34.5. The molecule has 3 aromatic rings. The van der Waals surface area contributed by atoms with E-state index in [0.717, 1.165) is 7.11 Å². The van der Waals surface area contributed by atoms with Crippen molar-refractivity contribution in [1.29, 1.82) is 0 Å². The van der Waals surface area contributed by atoms with Gasteiger partial charge in [0, 0.05) is 5.56 Å². The van der Waals surface area contributed by atoms with Gasteiger partial charge in [-0.1, -0.05) is 0 Å². The first-order valence-electron chi connectivity index (χ1n) is 13.4. The minimum atomic E-state index is -4.66. The van der Waals surface area contributed by atoms with Crippen LogP contribution in [0.4, 0.5) is 11.4 Å². The molecule has 1 aromatic heterocycles. The van der Waals surface area contributed by atoms with E-state index >= 15 is 0 Å². The van der Waals surface area contributed by atoms with Crippen LogP contribution >= 0.6 is 0 Å². The highest BCUT2D eigenvalue weighted by molar-refractivity contribution is 6.13. The second-order valence-corrected chi connectivity index (χ2v) is 10.7. The molecule has 0 saturated carbocycles. The molecule has 0 radical (unpaired) electrons. The number of methoxy groups -OCH3 is 1. The quantitative estimate of drug-likeness (QED) is 0.0549. The molecule has 1 aliphatic heterocycles. The number of fused-ring (bicyclic) bond motifs is 1. The molecule has 2 aromatic carbocycles. The van der Waals surface area contributed by atoms with E-state index in [4.69, 9.17) is 5.73 Å². The number of ether oxygens (including phenoxy) is 1. The third-order valence-corrected chi connectivity index (χ3v) is 7.48. The Kier molecular flexibility index (Phi) is 9.12. The number of amides is 3. The maximum Gasteiger partial charge on any atom is 0.307 e. The van der Waals surface area contributed by atoms with Gasteiger partial charge in [-0.25, -0.2) is 14.5 Å². The van der Waals surface area contributed by atoms with E-state index in [1.807, 2.05) is 0 Å². The number of hydrogen-bond acceptors (Lipinski definition) is 23. The zero-order valence-electron chi connectivity index (χ0n) is 25.4. The maximum absolute atomic E-state index is 14.0. The minimum Gasteiger partial charge on any atom is -0.503 e. The summed E-state index contributed by atoms with van der Waals surface area (Å²) in [6.07, 6.45) is -8.69. The van der Waals surface area contributed by atoms with Gasteiger partial charge in [0.15, 0.2) is 45.9 Å². The number of primary amides is 1. The number of phenols is 8. The smallest absolute Gasteiger partial charge is 0.307 e. The SMILES string of the molecule is COc1c(O)c(O)c(-n2nc(C(N)=O)c3c2C(=O)N(c2c(O)c(O)c(N(C(=O)C(O)(O)C(O)O)C(O)(O)C(O)O)c(O)c2O)C(O)(O)C3)c(O)c1O. The normalized spacial score (nSPS) is 14.6. The van der Waals surface area contributed by atoms with Crippen LogP contribution < -0.4 is 20.3 Å². The van der Waals surface area contributed by atoms with Crippen molar-refractivity contribution in [2.24, 2.45) is 5.73 Å². The second-order valence-electron chi connectivity index (χ2n) is 10.7. The third-order valence-electron chi connectivity index (χ3n) is 7.48. The number of aromatic hydroxyl groups is 8. The Balaban J connectivity index is 2.09. The largest absolute Gasteiger partial charge is 0.503 e. The molecule has 20 N–H and O–H groups in total. The molecule has 52 heavy (non-hydrogen) atoms. The second kappa shape index (κ2) is 12.3. The van der Waals surface area contributed by atoms with Gasteiger partial charge in [0.05, 0.1) is 13.5 Å². The Hall–Kier alpha value is -6.14. The van der Waals surface area contributed by atoms with E-state index in [0.29, 0.717) is 0 Å². The summed E-state index contributed by atoms with van der Waals surface area (Å²) >= 11 is 0. The molecule has 284 valence electrons. The number of carbonyl (C=O) groups is 3. The predicted molar refractivity (Wildman–Crippen MR) is 154 cm³/mol. The summed E-state index contributed by atoms with van der Waals surface area (Å²) in [5, 5.41) is 188. The number of rotatable bonds is 9. The molecule has 4 rings (SSSR count). The molecule has 0 aliphatic carbocycles. The predicted octanol–water partition coefficient (Wildman–Crippen LogP) is -7.26. The molecular weight excluding hydrogens is 722 g/mol. The topological polar surface area (TPSA) is 475 Å². The van der Waals surface area contributed by atoms with E-state index in [2.05, 4.69) is 9.84 Å². The fraction of sp³-hybridized carbons (Fsp3) is 0.280. The lowest BCUT2D eigenvalue weighted by molar-refractivity contribution is -0.300. The maximum atomic E-state index is 14.0. The molecule has 0 bridgehead atoms. The first-order chi connectivity index (χ1) is 23.7. The van der Waals surface area contributed by atoms with E-state index in [1.54, 1.807) is 0 Å². The Morgan fingerprint density at radius 1 is 0.808 bits per heavy atom. The Morgan fingerprint density at radius 2 is 1.27 bits per heavy atom. The van der Waals surface area contributed by atoms with E-state index in [9.17, 15) is 106 Å². The van der Waals surface area contributed by atoms with Crippen molar-refractivity contribution < 1.29 is 111 Å². The van der Waals surface area contributed by atoms with Gasteiger partial charge in [-0.3, -0.25) is 14.4 Å². The van der Waals surface area contributed by atoms with Crippen LogP contribution in [-0.2, 0) is 11.2 Å². The van der Waals surface area contributed by atoms with Gasteiger partial charge in [0.1, 0.15) is 17.1 Å². The van der Waals surface area contributed by atoms with Crippen molar-refractivity contribution >= 4 is 29.1 Å². The standard InChI is InChI=1S/C25H27N5O22/c1-52-17-15(37)13(35)8(14(36)16(17)38)30-5-3(4(27-30)18(26)39)2-23(46,47)28(19(5)40)6-9(31)11(33)7(12(34)10(6)32)29(25(50,51)22(44)45)20(41)24(48,49)21(42)43/h21-22,31-38,42-51H,2H2,1H3,(H2,26,39). The van der Waals surface area contributed by atoms with Gasteiger partial charge in [0.2, 0.25) is 29.8 Å². The van der Waals surface area contributed by atoms with E-state index < -0.39 is 150 Å².